The maximum Gasteiger partial charge on any atom is 0.310 e. The number of hydrogen-bond donors (Lipinski definition) is 3. The number of hydrogen-bond acceptors (Lipinski definition) is 10. The largest absolute Gasteiger partial charge is 0.469 e. The number of fused-ring (bicyclic) bond motifs is 1. The number of methoxy groups -OCH3 is 1. The van der Waals surface area contributed by atoms with Crippen LogP contribution in [0.15, 0.2) is 35.5 Å². The van der Waals surface area contributed by atoms with Crippen LogP contribution in [0.4, 0.5) is 17.5 Å². The number of esters is 1. The van der Waals surface area contributed by atoms with Crippen molar-refractivity contribution in [3.8, 4) is 11.4 Å². The van der Waals surface area contributed by atoms with Crippen molar-refractivity contribution in [3.63, 3.8) is 0 Å². The second kappa shape index (κ2) is 10.0. The fourth-order valence-corrected chi connectivity index (χ4v) is 4.59. The second-order valence-corrected chi connectivity index (χ2v) is 9.11. The van der Waals surface area contributed by atoms with Crippen LogP contribution < -0.4 is 15.8 Å². The van der Waals surface area contributed by atoms with Gasteiger partial charge in [0.2, 0.25) is 0 Å². The summed E-state index contributed by atoms with van der Waals surface area (Å²) < 4.78 is 8.17. The Bertz CT molecular complexity index is 1490. The second-order valence-electron chi connectivity index (χ2n) is 9.11. The van der Waals surface area contributed by atoms with Gasteiger partial charge < -0.3 is 25.2 Å². The van der Waals surface area contributed by atoms with E-state index in [1.165, 1.54) is 11.8 Å². The molecule has 0 spiro atoms. The molecular weight excluding hydrogens is 478 g/mol. The van der Waals surface area contributed by atoms with E-state index >= 15 is 0 Å². The van der Waals surface area contributed by atoms with E-state index in [1.807, 2.05) is 17.7 Å². The summed E-state index contributed by atoms with van der Waals surface area (Å²) >= 11 is 0. The zero-order valence-electron chi connectivity index (χ0n) is 20.9. The van der Waals surface area contributed by atoms with Crippen molar-refractivity contribution in [2.24, 2.45) is 13.0 Å². The Hall–Kier alpha value is -4.26. The number of aliphatic hydroxyl groups excluding tert-OH is 1. The Morgan fingerprint density at radius 3 is 2.92 bits per heavy atom. The van der Waals surface area contributed by atoms with Crippen LogP contribution in [0.1, 0.15) is 25.8 Å². The Morgan fingerprint density at radius 2 is 2.19 bits per heavy atom. The number of anilines is 3. The maximum absolute atomic E-state index is 12.3. The molecule has 2 atom stereocenters. The molecule has 1 unspecified atom stereocenters. The number of aryl methyl sites for hydroxylation is 1. The molecule has 194 valence electrons. The summed E-state index contributed by atoms with van der Waals surface area (Å²) in [6.45, 7) is 3.23. The van der Waals surface area contributed by atoms with E-state index in [0.29, 0.717) is 49.0 Å². The molecule has 4 aromatic rings. The van der Waals surface area contributed by atoms with E-state index in [1.54, 1.807) is 31.7 Å². The van der Waals surface area contributed by atoms with Crippen LogP contribution in [0.3, 0.4) is 0 Å². The van der Waals surface area contributed by atoms with Gasteiger partial charge >= 0.3 is 5.97 Å². The topological polar surface area (TPSA) is 156 Å². The molecule has 37 heavy (non-hydrogen) atoms. The molecule has 1 aliphatic heterocycles. The minimum absolute atomic E-state index is 0.0322. The van der Waals surface area contributed by atoms with E-state index in [-0.39, 0.29) is 30.1 Å². The fourth-order valence-electron chi connectivity index (χ4n) is 4.59. The van der Waals surface area contributed by atoms with E-state index in [0.717, 1.165) is 16.7 Å². The van der Waals surface area contributed by atoms with E-state index in [4.69, 9.17) is 9.84 Å². The van der Waals surface area contributed by atoms with Crippen molar-refractivity contribution in [1.82, 2.24) is 34.5 Å². The third kappa shape index (κ3) is 4.65. The Balaban J connectivity index is 1.48. The maximum atomic E-state index is 12.3. The number of nitrogens with one attached hydrogen (secondary N) is 2. The molecule has 0 radical (unpaired) electrons. The van der Waals surface area contributed by atoms with Crippen LogP contribution in [0.5, 0.6) is 0 Å². The molecule has 1 fully saturated rings. The lowest BCUT2D eigenvalue weighted by Gasteiger charge is -2.16. The molecule has 0 bridgehead atoms. The summed E-state index contributed by atoms with van der Waals surface area (Å²) in [5.41, 5.74) is 0.983. The molecule has 1 aliphatic rings. The lowest BCUT2D eigenvalue weighted by molar-refractivity contribution is -0.144. The highest BCUT2D eigenvalue weighted by atomic mass is 16.5. The van der Waals surface area contributed by atoms with Crippen molar-refractivity contribution in [3.05, 3.63) is 41.1 Å². The van der Waals surface area contributed by atoms with Gasteiger partial charge in [-0.2, -0.15) is 5.10 Å². The molecule has 3 N–H and O–H groups in total. The summed E-state index contributed by atoms with van der Waals surface area (Å²) in [5.74, 6) is 1.65. The molecule has 4 aromatic heterocycles. The smallest absolute Gasteiger partial charge is 0.310 e. The van der Waals surface area contributed by atoms with Gasteiger partial charge in [-0.15, -0.1) is 0 Å². The van der Waals surface area contributed by atoms with E-state index in [2.05, 4.69) is 30.3 Å². The molecule has 0 amide bonds. The minimum atomic E-state index is -0.220. The molecule has 5 heterocycles. The van der Waals surface area contributed by atoms with E-state index < -0.39 is 0 Å². The zero-order valence-corrected chi connectivity index (χ0v) is 20.9. The standard InChI is InChI=1S/C24H29N9O4/c1-14(6-9-34)33-18-10-20(28-19-4-7-25-21(29-19)17-12-27-31(2)23(17)35)26-11-16(18)22(30-33)32-8-5-15(13-32)24(36)37-3/h4,7,10-12,14-15,27,34H,5-6,8-9,13H2,1-3H3,(H,25,26,28,29)/t14-,15?/m0/s1. The fraction of sp³-hybridized carbons (Fsp3) is 0.417. The molecule has 0 aliphatic carbocycles. The van der Waals surface area contributed by atoms with Crippen molar-refractivity contribution in [2.45, 2.75) is 25.8 Å². The van der Waals surface area contributed by atoms with Crippen LogP contribution in [-0.2, 0) is 16.6 Å². The summed E-state index contributed by atoms with van der Waals surface area (Å²) in [6.07, 6.45) is 6.12. The third-order valence-electron chi connectivity index (χ3n) is 6.65. The van der Waals surface area contributed by atoms with Crippen LogP contribution in [0.25, 0.3) is 22.3 Å². The quantitative estimate of drug-likeness (QED) is 0.299. The van der Waals surface area contributed by atoms with Gasteiger partial charge in [0.05, 0.1) is 30.0 Å². The predicted octanol–water partition coefficient (Wildman–Crippen LogP) is 1.60. The number of aliphatic hydroxyl groups is 1. The first-order chi connectivity index (χ1) is 17.9. The normalized spacial score (nSPS) is 16.3. The summed E-state index contributed by atoms with van der Waals surface area (Å²) in [7, 11) is 3.03. The van der Waals surface area contributed by atoms with Crippen LogP contribution in [-0.4, -0.2) is 72.4 Å². The summed E-state index contributed by atoms with van der Waals surface area (Å²) in [5, 5.41) is 21.3. The van der Waals surface area contributed by atoms with Gasteiger partial charge in [-0.3, -0.25) is 19.0 Å². The highest BCUT2D eigenvalue weighted by molar-refractivity contribution is 5.92. The van der Waals surface area contributed by atoms with Gasteiger partial charge in [-0.05, 0) is 25.8 Å². The number of rotatable bonds is 8. The summed E-state index contributed by atoms with van der Waals surface area (Å²) in [6, 6.07) is 3.51. The number of pyridine rings is 1. The molecule has 13 nitrogen and oxygen atoms in total. The Morgan fingerprint density at radius 1 is 1.35 bits per heavy atom. The summed E-state index contributed by atoms with van der Waals surface area (Å²) in [4.78, 5) is 39.7. The minimum Gasteiger partial charge on any atom is -0.469 e. The van der Waals surface area contributed by atoms with Gasteiger partial charge in [0.1, 0.15) is 17.2 Å². The van der Waals surface area contributed by atoms with Gasteiger partial charge in [0.25, 0.3) is 5.56 Å². The van der Waals surface area contributed by atoms with Crippen LogP contribution in [0.2, 0.25) is 0 Å². The monoisotopic (exact) mass is 507 g/mol. The molecule has 5 rings (SSSR count). The number of nitrogens with zero attached hydrogens (tertiary/aromatic N) is 7. The van der Waals surface area contributed by atoms with Crippen molar-refractivity contribution in [1.29, 1.82) is 0 Å². The molecular formula is C24H29N9O4. The number of carbonyl (C=O) groups excluding carboxylic acids is 1. The van der Waals surface area contributed by atoms with Gasteiger partial charge in [0.15, 0.2) is 11.6 Å². The van der Waals surface area contributed by atoms with Crippen LogP contribution >= 0.6 is 0 Å². The van der Waals surface area contributed by atoms with Gasteiger partial charge in [-0.1, -0.05) is 0 Å². The van der Waals surface area contributed by atoms with E-state index in [9.17, 15) is 14.7 Å². The number of carbonyl (C=O) groups is 1. The van der Waals surface area contributed by atoms with Crippen LogP contribution in [0, 0.1) is 5.92 Å². The third-order valence-corrected chi connectivity index (χ3v) is 6.65. The SMILES string of the molecule is COC(=O)C1CCN(c2nn([C@@H](C)CCO)c3cc(Nc4ccnc(-c5c[nH]n(C)c5=O)n4)ncc23)C1. The first kappa shape index (κ1) is 24.4. The number of aromatic nitrogens is 7. The highest BCUT2D eigenvalue weighted by Crippen LogP contribution is 2.33. The number of aromatic amines is 1. The molecule has 13 heteroatoms. The average molecular weight is 508 g/mol. The number of H-pyrrole nitrogens is 1. The first-order valence-corrected chi connectivity index (χ1v) is 12.1. The zero-order chi connectivity index (χ0) is 26.1. The first-order valence-electron chi connectivity index (χ1n) is 12.1. The highest BCUT2D eigenvalue weighted by Gasteiger charge is 2.32. The Labute approximate surface area is 212 Å². The van der Waals surface area contributed by atoms with Gasteiger partial charge in [0, 0.05) is 51.4 Å². The lowest BCUT2D eigenvalue weighted by atomic mass is 10.1. The predicted molar refractivity (Wildman–Crippen MR) is 137 cm³/mol. The van der Waals surface area contributed by atoms with Crippen molar-refractivity contribution >= 4 is 34.3 Å². The Kier molecular flexibility index (Phi) is 6.61. The average Bonchev–Trinajstić information content (AvgIpc) is 3.61. The number of ether oxygens (including phenoxy) is 1. The van der Waals surface area contributed by atoms with Gasteiger partial charge in [-0.25, -0.2) is 15.0 Å². The van der Waals surface area contributed by atoms with Crippen molar-refractivity contribution in [2.75, 3.05) is 37.0 Å². The molecule has 1 saturated heterocycles. The lowest BCUT2D eigenvalue weighted by Crippen LogP contribution is -2.24. The molecule has 0 saturated carbocycles. The van der Waals surface area contributed by atoms with Crippen molar-refractivity contribution < 1.29 is 14.6 Å². The molecule has 0 aromatic carbocycles.